The summed E-state index contributed by atoms with van der Waals surface area (Å²) in [7, 11) is 0. The molecule has 0 N–H and O–H groups in total. The quantitative estimate of drug-likeness (QED) is 0.275. The van der Waals surface area contributed by atoms with Crippen molar-refractivity contribution in [2.75, 3.05) is 0 Å². The van der Waals surface area contributed by atoms with Crippen LogP contribution in [0.2, 0.25) is 0 Å². The van der Waals surface area contributed by atoms with Crippen molar-refractivity contribution >= 4 is 22.7 Å². The van der Waals surface area contributed by atoms with E-state index in [1.807, 2.05) is 6.07 Å². The molecular formula is C30H25NO. The van der Waals surface area contributed by atoms with Gasteiger partial charge in [-0.3, -0.25) is 0 Å². The van der Waals surface area contributed by atoms with Crippen LogP contribution in [-0.2, 0) is 0 Å². The van der Waals surface area contributed by atoms with Crippen molar-refractivity contribution in [2.24, 2.45) is 0 Å². The van der Waals surface area contributed by atoms with Crippen molar-refractivity contribution in [1.29, 1.82) is 0 Å². The first kappa shape index (κ1) is 21.1. The smallest absolute Gasteiger partial charge is 0.148 e. The van der Waals surface area contributed by atoms with Crippen LogP contribution < -0.4 is 9.59 Å². The minimum atomic E-state index is 0.0718. The van der Waals surface area contributed by atoms with Crippen molar-refractivity contribution in [1.82, 2.24) is 4.48 Å². The molecular weight excluding hydrogens is 390 g/mol. The first-order valence-electron chi connectivity index (χ1n) is 10.7. The zero-order valence-corrected chi connectivity index (χ0v) is 17.8. The molecule has 0 saturated carbocycles. The van der Waals surface area contributed by atoms with Crippen LogP contribution in [-0.4, -0.2) is 0 Å². The number of para-hydroxylation sites is 5. The third-order valence-corrected chi connectivity index (χ3v) is 5.32. The van der Waals surface area contributed by atoms with Gasteiger partial charge in [0, 0.05) is 48.5 Å². The summed E-state index contributed by atoms with van der Waals surface area (Å²) in [5, 5.41) is 10.3. The van der Waals surface area contributed by atoms with Gasteiger partial charge in [0.05, 0.1) is 0 Å². The van der Waals surface area contributed by atoms with Crippen LogP contribution in [0.5, 0.6) is 5.75 Å². The van der Waals surface area contributed by atoms with Crippen LogP contribution in [0.4, 0.5) is 22.7 Å². The van der Waals surface area contributed by atoms with Gasteiger partial charge in [0.15, 0.2) is 0 Å². The van der Waals surface area contributed by atoms with E-state index in [2.05, 4.69) is 121 Å². The lowest BCUT2D eigenvalue weighted by molar-refractivity contribution is -0.268. The average molecular weight is 416 g/mol. The predicted octanol–water partition coefficient (Wildman–Crippen LogP) is 7.75. The molecule has 0 bridgehead atoms. The molecule has 5 aromatic rings. The molecule has 5 rings (SSSR count). The Bertz CT molecular complexity index is 1030. The first-order valence-corrected chi connectivity index (χ1v) is 10.7. The first-order chi connectivity index (χ1) is 15.8. The Morgan fingerprint density at radius 3 is 0.719 bits per heavy atom. The molecule has 0 aliphatic rings. The summed E-state index contributed by atoms with van der Waals surface area (Å²) in [6.45, 7) is 0. The maximum atomic E-state index is 10.3. The van der Waals surface area contributed by atoms with Crippen LogP contribution in [0.3, 0.4) is 0 Å². The molecule has 0 atom stereocenters. The van der Waals surface area contributed by atoms with Gasteiger partial charge >= 0.3 is 0 Å². The van der Waals surface area contributed by atoms with E-state index in [9.17, 15) is 5.11 Å². The Kier molecular flexibility index (Phi) is 6.76. The largest absolute Gasteiger partial charge is 0.872 e. The van der Waals surface area contributed by atoms with E-state index in [0.717, 1.165) is 0 Å². The molecule has 0 heterocycles. The molecule has 0 aromatic heterocycles. The molecule has 2 nitrogen and oxygen atoms in total. The van der Waals surface area contributed by atoms with E-state index in [0.29, 0.717) is 4.48 Å². The van der Waals surface area contributed by atoms with Crippen molar-refractivity contribution in [3.05, 3.63) is 152 Å². The summed E-state index contributed by atoms with van der Waals surface area (Å²) in [6, 6.07) is 51.1. The highest BCUT2D eigenvalue weighted by atomic mass is 16.3. The number of rotatable bonds is 4. The molecule has 0 aliphatic carbocycles. The maximum Gasteiger partial charge on any atom is 0.148 e. The van der Waals surface area contributed by atoms with Crippen LogP contribution in [0.15, 0.2) is 152 Å². The standard InChI is InChI=1S/C24H20N.C6H6O/c1-5-13-21(14-6-1)25(22-15-7-2-8-16-22,23-17-9-3-10-18-23)24-19-11-4-12-20-24;7-6-4-2-1-3-5-6/h1-20H;1-5,7H/q+1;/p-1. The van der Waals surface area contributed by atoms with Crippen LogP contribution in [0.1, 0.15) is 0 Å². The SMILES string of the molecule is [O-]c1ccccc1.c1ccc([N+](c2ccccc2)(c2ccccc2)c2ccccc2)cc1. The van der Waals surface area contributed by atoms with E-state index >= 15 is 0 Å². The molecule has 0 fully saturated rings. The molecule has 5 aromatic carbocycles. The van der Waals surface area contributed by atoms with E-state index < -0.39 is 0 Å². The number of quaternary nitrogens is 1. The summed E-state index contributed by atoms with van der Waals surface area (Å²) in [5.41, 5.74) is 4.86. The highest BCUT2D eigenvalue weighted by Crippen LogP contribution is 2.50. The van der Waals surface area contributed by atoms with Gasteiger partial charge in [-0.2, -0.15) is 4.48 Å². The lowest BCUT2D eigenvalue weighted by atomic mass is 10.1. The van der Waals surface area contributed by atoms with Gasteiger partial charge in [-0.15, -0.1) is 5.75 Å². The third kappa shape index (κ3) is 4.46. The van der Waals surface area contributed by atoms with Gasteiger partial charge in [0.2, 0.25) is 0 Å². The van der Waals surface area contributed by atoms with E-state index in [-0.39, 0.29) is 5.75 Å². The fraction of sp³-hybridized carbons (Fsp3) is 0. The molecule has 156 valence electrons. The Hall–Kier alpha value is -4.14. The minimum absolute atomic E-state index is 0.0718. The van der Waals surface area contributed by atoms with E-state index in [1.165, 1.54) is 34.9 Å². The highest BCUT2D eigenvalue weighted by molar-refractivity contribution is 5.81. The van der Waals surface area contributed by atoms with Crippen LogP contribution in [0, 0.1) is 0 Å². The van der Waals surface area contributed by atoms with Crippen molar-refractivity contribution < 1.29 is 5.11 Å². The highest BCUT2D eigenvalue weighted by Gasteiger charge is 2.38. The molecule has 2 heteroatoms. The summed E-state index contributed by atoms with van der Waals surface area (Å²) in [6.07, 6.45) is 0. The molecule has 0 aliphatic heterocycles. The van der Waals surface area contributed by atoms with E-state index in [4.69, 9.17) is 0 Å². The molecule has 0 amide bonds. The summed E-state index contributed by atoms with van der Waals surface area (Å²) >= 11 is 0. The lowest BCUT2D eigenvalue weighted by Gasteiger charge is -2.37. The molecule has 0 saturated heterocycles. The summed E-state index contributed by atoms with van der Waals surface area (Å²) in [5.74, 6) is 0.0718. The van der Waals surface area contributed by atoms with Crippen molar-refractivity contribution in [3.8, 4) is 5.75 Å². The molecule has 32 heavy (non-hydrogen) atoms. The number of hydrogen-bond acceptors (Lipinski definition) is 1. The average Bonchev–Trinajstić information content (AvgIpc) is 2.88. The fourth-order valence-corrected chi connectivity index (χ4v) is 3.92. The zero-order chi connectivity index (χ0) is 22.1. The van der Waals surface area contributed by atoms with Crippen LogP contribution >= 0.6 is 0 Å². The fourth-order valence-electron chi connectivity index (χ4n) is 3.92. The van der Waals surface area contributed by atoms with E-state index in [1.54, 1.807) is 12.1 Å². The Morgan fingerprint density at radius 2 is 0.531 bits per heavy atom. The number of hydrogen-bond donors (Lipinski definition) is 0. The van der Waals surface area contributed by atoms with Crippen molar-refractivity contribution in [2.45, 2.75) is 0 Å². The Labute approximate surface area is 189 Å². The van der Waals surface area contributed by atoms with Gasteiger partial charge in [-0.1, -0.05) is 103 Å². The molecule has 0 spiro atoms. The maximum absolute atomic E-state index is 10.3. The van der Waals surface area contributed by atoms with Gasteiger partial charge < -0.3 is 5.11 Å². The number of benzene rings is 5. The van der Waals surface area contributed by atoms with Crippen molar-refractivity contribution in [3.63, 3.8) is 0 Å². The second kappa shape index (κ2) is 10.3. The monoisotopic (exact) mass is 415 g/mol. The molecule has 0 unspecified atom stereocenters. The van der Waals surface area contributed by atoms with Crippen LogP contribution in [0.25, 0.3) is 0 Å². The Morgan fingerprint density at radius 1 is 0.312 bits per heavy atom. The lowest BCUT2D eigenvalue weighted by Crippen LogP contribution is -2.33. The van der Waals surface area contributed by atoms with Gasteiger partial charge in [-0.25, -0.2) is 0 Å². The second-order valence-electron chi connectivity index (χ2n) is 7.33. The minimum Gasteiger partial charge on any atom is -0.872 e. The topological polar surface area (TPSA) is 23.1 Å². The van der Waals surface area contributed by atoms with Gasteiger partial charge in [0.25, 0.3) is 0 Å². The summed E-state index contributed by atoms with van der Waals surface area (Å²) < 4.78 is 0.559. The normalized spacial score (nSPS) is 10.6. The van der Waals surface area contributed by atoms with Gasteiger partial charge in [-0.05, 0) is 0 Å². The predicted molar refractivity (Wildman–Crippen MR) is 132 cm³/mol. The zero-order valence-electron chi connectivity index (χ0n) is 17.8. The molecule has 0 radical (unpaired) electrons. The summed E-state index contributed by atoms with van der Waals surface area (Å²) in [4.78, 5) is 0. The Balaban J connectivity index is 0.000000300. The third-order valence-electron chi connectivity index (χ3n) is 5.32. The number of nitrogens with zero attached hydrogens (tertiary/aromatic N) is 1. The second-order valence-corrected chi connectivity index (χ2v) is 7.33. The van der Waals surface area contributed by atoms with Gasteiger partial charge in [0.1, 0.15) is 22.7 Å².